The molecule has 2 heterocycles. The highest BCUT2D eigenvalue weighted by atomic mass is 16.5. The zero-order valence-corrected chi connectivity index (χ0v) is 16.3. The predicted octanol–water partition coefficient (Wildman–Crippen LogP) is 1.82. The van der Waals surface area contributed by atoms with Crippen molar-refractivity contribution < 1.29 is 9.26 Å². The van der Waals surface area contributed by atoms with E-state index in [9.17, 15) is 0 Å². The highest BCUT2D eigenvalue weighted by Gasteiger charge is 2.25. The molecule has 1 fully saturated rings. The Hall–Kier alpha value is -1.60. The third-order valence-corrected chi connectivity index (χ3v) is 4.54. The van der Waals surface area contributed by atoms with Gasteiger partial charge in [-0.1, -0.05) is 25.9 Å². The van der Waals surface area contributed by atoms with Gasteiger partial charge in [0, 0.05) is 52.4 Å². The van der Waals surface area contributed by atoms with E-state index in [0.29, 0.717) is 6.54 Å². The zero-order valence-electron chi connectivity index (χ0n) is 16.3. The number of nitrogens with one attached hydrogen (secondary N) is 1. The highest BCUT2D eigenvalue weighted by molar-refractivity contribution is 5.80. The van der Waals surface area contributed by atoms with E-state index < -0.39 is 0 Å². The van der Waals surface area contributed by atoms with Crippen molar-refractivity contribution in [2.45, 2.75) is 40.3 Å². The maximum atomic E-state index is 5.63. The van der Waals surface area contributed by atoms with Crippen LogP contribution in [-0.4, -0.2) is 73.4 Å². The molecule has 0 aliphatic carbocycles. The summed E-state index contributed by atoms with van der Waals surface area (Å²) in [4.78, 5) is 9.56. The topological polar surface area (TPSA) is 66.1 Å². The molecule has 7 heteroatoms. The minimum absolute atomic E-state index is 0.0753. The van der Waals surface area contributed by atoms with Crippen LogP contribution >= 0.6 is 0 Å². The molecular weight excluding hydrogens is 318 g/mol. The molecule has 1 aliphatic rings. The van der Waals surface area contributed by atoms with Crippen LogP contribution in [0.1, 0.15) is 33.4 Å². The largest absolute Gasteiger partial charge is 0.379 e. The average molecular weight is 351 g/mol. The summed E-state index contributed by atoms with van der Waals surface area (Å²) >= 11 is 0. The Morgan fingerprint density at radius 1 is 1.36 bits per heavy atom. The molecule has 1 N–H and O–H groups in total. The molecule has 0 amide bonds. The van der Waals surface area contributed by atoms with Gasteiger partial charge >= 0.3 is 0 Å². The van der Waals surface area contributed by atoms with Gasteiger partial charge in [-0.25, -0.2) is 0 Å². The zero-order chi connectivity index (χ0) is 18.3. The second kappa shape index (κ2) is 9.20. The third kappa shape index (κ3) is 6.01. The summed E-state index contributed by atoms with van der Waals surface area (Å²) in [5, 5.41) is 7.41. The number of guanidine groups is 1. The van der Waals surface area contributed by atoms with Gasteiger partial charge in [0.05, 0.1) is 18.3 Å². The van der Waals surface area contributed by atoms with E-state index in [2.05, 4.69) is 48.0 Å². The van der Waals surface area contributed by atoms with E-state index in [0.717, 1.165) is 50.9 Å². The van der Waals surface area contributed by atoms with Crippen LogP contribution in [0, 0.1) is 5.41 Å². The molecule has 25 heavy (non-hydrogen) atoms. The van der Waals surface area contributed by atoms with Crippen molar-refractivity contribution in [1.82, 2.24) is 20.3 Å². The molecule has 0 radical (unpaired) electrons. The molecule has 1 unspecified atom stereocenters. The van der Waals surface area contributed by atoms with Gasteiger partial charge in [-0.05, 0) is 12.3 Å². The molecule has 0 saturated carbocycles. The maximum Gasteiger partial charge on any atom is 0.194 e. The van der Waals surface area contributed by atoms with Crippen molar-refractivity contribution in [2.24, 2.45) is 10.4 Å². The monoisotopic (exact) mass is 351 g/mol. The maximum absolute atomic E-state index is 5.63. The van der Waals surface area contributed by atoms with Gasteiger partial charge in [-0.3, -0.25) is 9.89 Å². The fourth-order valence-corrected chi connectivity index (χ4v) is 2.96. The van der Waals surface area contributed by atoms with Gasteiger partial charge < -0.3 is 19.5 Å². The number of aromatic nitrogens is 1. The molecule has 142 valence electrons. The first-order chi connectivity index (χ1) is 11.9. The summed E-state index contributed by atoms with van der Waals surface area (Å²) in [6, 6.07) is 1.93. The summed E-state index contributed by atoms with van der Waals surface area (Å²) in [5.74, 6) is 0.981. The van der Waals surface area contributed by atoms with Crippen molar-refractivity contribution in [3.63, 3.8) is 0 Å². The lowest BCUT2D eigenvalue weighted by molar-refractivity contribution is 0.0239. The summed E-state index contributed by atoms with van der Waals surface area (Å²) in [6.45, 7) is 14.9. The van der Waals surface area contributed by atoms with Gasteiger partial charge in [-0.2, -0.15) is 0 Å². The Morgan fingerprint density at radius 2 is 2.08 bits per heavy atom. The molecule has 1 aliphatic heterocycles. The average Bonchev–Trinajstić information content (AvgIpc) is 3.07. The lowest BCUT2D eigenvalue weighted by atomic mass is 9.89. The van der Waals surface area contributed by atoms with E-state index >= 15 is 0 Å². The van der Waals surface area contributed by atoms with Crippen LogP contribution in [0.15, 0.2) is 21.8 Å². The summed E-state index contributed by atoms with van der Waals surface area (Å²) in [6.07, 6.45) is 1.73. The molecule has 1 aromatic rings. The predicted molar refractivity (Wildman–Crippen MR) is 99.6 cm³/mol. The molecule has 0 aromatic carbocycles. The van der Waals surface area contributed by atoms with Crippen LogP contribution in [0.5, 0.6) is 0 Å². The number of hydrogen-bond acceptors (Lipinski definition) is 5. The van der Waals surface area contributed by atoms with E-state index in [1.165, 1.54) is 0 Å². The minimum Gasteiger partial charge on any atom is -0.379 e. The van der Waals surface area contributed by atoms with E-state index in [-0.39, 0.29) is 11.5 Å². The van der Waals surface area contributed by atoms with Crippen molar-refractivity contribution in [3.05, 3.63) is 18.0 Å². The first-order valence-corrected chi connectivity index (χ1v) is 9.11. The molecule has 2 rings (SSSR count). The van der Waals surface area contributed by atoms with Crippen LogP contribution in [-0.2, 0) is 11.3 Å². The van der Waals surface area contributed by atoms with Gasteiger partial charge in [0.1, 0.15) is 6.26 Å². The smallest absolute Gasteiger partial charge is 0.194 e. The van der Waals surface area contributed by atoms with E-state index in [1.54, 1.807) is 13.4 Å². The number of methoxy groups -OCH3 is 1. The standard InChI is InChI=1S/C18H33N5O2/c1-6-19-17(20-13-16(24-5)18(2,3)4)23-10-8-22(9-11-23)14-15-7-12-25-21-15/h7,12,16H,6,8-11,13-14H2,1-5H3,(H,19,20). The van der Waals surface area contributed by atoms with Crippen LogP contribution < -0.4 is 5.32 Å². The lowest BCUT2D eigenvalue weighted by Crippen LogP contribution is -2.52. The molecule has 7 nitrogen and oxygen atoms in total. The summed E-state index contributed by atoms with van der Waals surface area (Å²) < 4.78 is 10.5. The Kier molecular flexibility index (Phi) is 7.25. The number of rotatable bonds is 6. The molecule has 1 aromatic heterocycles. The molecule has 0 spiro atoms. The lowest BCUT2D eigenvalue weighted by Gasteiger charge is -2.36. The quantitative estimate of drug-likeness (QED) is 0.623. The molecule has 1 atom stereocenters. The Balaban J connectivity index is 1.91. The minimum atomic E-state index is 0.0753. The van der Waals surface area contributed by atoms with Crippen LogP contribution in [0.4, 0.5) is 0 Å². The Bertz CT molecular complexity index is 516. The van der Waals surface area contributed by atoms with Crippen LogP contribution in [0.25, 0.3) is 0 Å². The molecule has 0 bridgehead atoms. The van der Waals surface area contributed by atoms with Crippen LogP contribution in [0.2, 0.25) is 0 Å². The van der Waals surface area contributed by atoms with Gasteiger partial charge in [0.15, 0.2) is 5.96 Å². The number of nitrogens with zero attached hydrogens (tertiary/aromatic N) is 4. The summed E-state index contributed by atoms with van der Waals surface area (Å²) in [7, 11) is 1.76. The fraction of sp³-hybridized carbons (Fsp3) is 0.778. The van der Waals surface area contributed by atoms with E-state index in [4.69, 9.17) is 14.3 Å². The summed E-state index contributed by atoms with van der Waals surface area (Å²) in [5.41, 5.74) is 1.06. The van der Waals surface area contributed by atoms with Crippen molar-refractivity contribution in [3.8, 4) is 0 Å². The van der Waals surface area contributed by atoms with Crippen molar-refractivity contribution in [1.29, 1.82) is 0 Å². The van der Waals surface area contributed by atoms with Crippen molar-refractivity contribution >= 4 is 5.96 Å². The Morgan fingerprint density at radius 3 is 2.60 bits per heavy atom. The third-order valence-electron chi connectivity index (χ3n) is 4.54. The Labute approximate surface area is 151 Å². The normalized spacial score (nSPS) is 18.4. The first kappa shape index (κ1) is 19.7. The SMILES string of the molecule is CCNC(=NCC(OC)C(C)(C)C)N1CCN(Cc2ccon2)CC1. The first-order valence-electron chi connectivity index (χ1n) is 9.11. The number of ether oxygens (including phenoxy) is 1. The molecule has 1 saturated heterocycles. The van der Waals surface area contributed by atoms with Gasteiger partial charge in [-0.15, -0.1) is 0 Å². The number of piperazine rings is 1. The second-order valence-corrected chi connectivity index (χ2v) is 7.54. The fourth-order valence-electron chi connectivity index (χ4n) is 2.96. The number of aliphatic imine (C=N–C) groups is 1. The highest BCUT2D eigenvalue weighted by Crippen LogP contribution is 2.22. The van der Waals surface area contributed by atoms with Crippen molar-refractivity contribution in [2.75, 3.05) is 46.4 Å². The van der Waals surface area contributed by atoms with Gasteiger partial charge in [0.2, 0.25) is 0 Å². The number of hydrogen-bond donors (Lipinski definition) is 1. The van der Waals surface area contributed by atoms with E-state index in [1.807, 2.05) is 6.07 Å². The second-order valence-electron chi connectivity index (χ2n) is 7.54. The molecular formula is C18H33N5O2. The van der Waals surface area contributed by atoms with Crippen LogP contribution in [0.3, 0.4) is 0 Å². The van der Waals surface area contributed by atoms with Gasteiger partial charge in [0.25, 0.3) is 0 Å².